The molecule has 102 valence electrons. The first-order valence-electron chi connectivity index (χ1n) is 5.71. The van der Waals surface area contributed by atoms with E-state index in [4.69, 9.17) is 0 Å². The summed E-state index contributed by atoms with van der Waals surface area (Å²) >= 11 is 0. The van der Waals surface area contributed by atoms with Crippen LogP contribution >= 0.6 is 0 Å². The maximum atomic E-state index is 13.0. The van der Waals surface area contributed by atoms with Crippen LogP contribution in [0.1, 0.15) is 35.2 Å². The van der Waals surface area contributed by atoms with Crippen molar-refractivity contribution >= 4 is 11.6 Å². The molecule has 1 saturated carbocycles. The molecule has 1 fully saturated rings. The fraction of sp³-hybridized carbons (Fsp3) is 0.385. The van der Waals surface area contributed by atoms with Gasteiger partial charge in [0.15, 0.2) is 5.78 Å². The summed E-state index contributed by atoms with van der Waals surface area (Å²) < 4.78 is 50.5. The number of ketones is 2. The summed E-state index contributed by atoms with van der Waals surface area (Å²) in [5.74, 6) is -2.53. The standard InChI is InChI=1S/C13H10F4O2/c14-10-4-3-8(5-9(10)13(15,16)17)12(19)6-11(18)7-1-2-7/h3-5,7H,1-2,6H2. The van der Waals surface area contributed by atoms with Crippen LogP contribution in [0.25, 0.3) is 0 Å². The zero-order valence-electron chi connectivity index (χ0n) is 9.76. The predicted octanol–water partition coefficient (Wildman–Crippen LogP) is 3.40. The molecule has 0 amide bonds. The molecule has 2 nitrogen and oxygen atoms in total. The number of halogens is 4. The van der Waals surface area contributed by atoms with Crippen LogP contribution in [0.15, 0.2) is 18.2 Å². The average Bonchev–Trinajstić information content (AvgIpc) is 3.11. The SMILES string of the molecule is O=C(CC(=O)C1CC1)c1ccc(F)c(C(F)(F)F)c1. The average molecular weight is 274 g/mol. The summed E-state index contributed by atoms with van der Waals surface area (Å²) in [4.78, 5) is 23.1. The van der Waals surface area contributed by atoms with E-state index in [1.807, 2.05) is 0 Å². The Morgan fingerprint density at radius 1 is 1.21 bits per heavy atom. The summed E-state index contributed by atoms with van der Waals surface area (Å²) in [6.07, 6.45) is -3.83. The fourth-order valence-electron chi connectivity index (χ4n) is 1.73. The topological polar surface area (TPSA) is 34.1 Å². The number of hydrogen-bond acceptors (Lipinski definition) is 2. The Hall–Kier alpha value is -1.72. The predicted molar refractivity (Wildman–Crippen MR) is 58.1 cm³/mol. The van der Waals surface area contributed by atoms with Gasteiger partial charge in [0.05, 0.1) is 12.0 Å². The Morgan fingerprint density at radius 3 is 2.37 bits per heavy atom. The first kappa shape index (κ1) is 13.7. The molecular formula is C13H10F4O2. The first-order chi connectivity index (χ1) is 8.79. The van der Waals surface area contributed by atoms with E-state index in [9.17, 15) is 27.2 Å². The van der Waals surface area contributed by atoms with Crippen molar-refractivity contribution in [2.24, 2.45) is 5.92 Å². The van der Waals surface area contributed by atoms with Gasteiger partial charge in [-0.2, -0.15) is 13.2 Å². The van der Waals surface area contributed by atoms with Gasteiger partial charge in [0.1, 0.15) is 11.6 Å². The molecule has 0 radical (unpaired) electrons. The third kappa shape index (κ3) is 3.19. The zero-order chi connectivity index (χ0) is 14.2. The van der Waals surface area contributed by atoms with Gasteiger partial charge in [-0.25, -0.2) is 4.39 Å². The van der Waals surface area contributed by atoms with Crippen molar-refractivity contribution in [3.05, 3.63) is 35.1 Å². The van der Waals surface area contributed by atoms with E-state index >= 15 is 0 Å². The Labute approximate surface area is 106 Å². The van der Waals surface area contributed by atoms with Crippen LogP contribution in [0, 0.1) is 11.7 Å². The lowest BCUT2D eigenvalue weighted by Gasteiger charge is -2.09. The van der Waals surface area contributed by atoms with E-state index in [1.54, 1.807) is 0 Å². The van der Waals surface area contributed by atoms with Crippen LogP contribution in [0.3, 0.4) is 0 Å². The molecular weight excluding hydrogens is 264 g/mol. The highest BCUT2D eigenvalue weighted by molar-refractivity contribution is 6.09. The van der Waals surface area contributed by atoms with Crippen molar-refractivity contribution < 1.29 is 27.2 Å². The van der Waals surface area contributed by atoms with Crippen LogP contribution in [0.2, 0.25) is 0 Å². The third-order valence-corrected chi connectivity index (χ3v) is 2.96. The van der Waals surface area contributed by atoms with Crippen molar-refractivity contribution in [2.75, 3.05) is 0 Å². The molecule has 0 N–H and O–H groups in total. The molecule has 19 heavy (non-hydrogen) atoms. The van der Waals surface area contributed by atoms with Gasteiger partial charge in [-0.1, -0.05) is 0 Å². The monoisotopic (exact) mass is 274 g/mol. The molecule has 1 aliphatic rings. The zero-order valence-corrected chi connectivity index (χ0v) is 9.76. The molecule has 1 aliphatic carbocycles. The van der Waals surface area contributed by atoms with Crippen LogP contribution < -0.4 is 0 Å². The molecule has 2 rings (SSSR count). The lowest BCUT2D eigenvalue weighted by Crippen LogP contribution is -2.13. The highest BCUT2D eigenvalue weighted by Gasteiger charge is 2.35. The maximum absolute atomic E-state index is 13.0. The Morgan fingerprint density at radius 2 is 1.84 bits per heavy atom. The second-order valence-corrected chi connectivity index (χ2v) is 4.53. The van der Waals surface area contributed by atoms with Gasteiger partial charge in [-0.05, 0) is 31.0 Å². The largest absolute Gasteiger partial charge is 0.419 e. The van der Waals surface area contributed by atoms with Gasteiger partial charge >= 0.3 is 6.18 Å². The number of alkyl halides is 3. The number of benzene rings is 1. The molecule has 1 aromatic carbocycles. The number of hydrogen-bond donors (Lipinski definition) is 0. The summed E-state index contributed by atoms with van der Waals surface area (Å²) in [6, 6.07) is 2.02. The minimum atomic E-state index is -4.86. The molecule has 0 atom stereocenters. The van der Waals surface area contributed by atoms with E-state index < -0.39 is 29.8 Å². The molecule has 0 heterocycles. The van der Waals surface area contributed by atoms with Crippen LogP contribution in [0.5, 0.6) is 0 Å². The Bertz CT molecular complexity index is 530. The summed E-state index contributed by atoms with van der Waals surface area (Å²) in [7, 11) is 0. The molecule has 0 aliphatic heterocycles. The summed E-state index contributed by atoms with van der Waals surface area (Å²) in [5, 5.41) is 0. The van der Waals surface area contributed by atoms with Gasteiger partial charge in [0.25, 0.3) is 0 Å². The molecule has 6 heteroatoms. The fourth-order valence-corrected chi connectivity index (χ4v) is 1.73. The molecule has 1 aromatic rings. The van der Waals surface area contributed by atoms with E-state index in [0.29, 0.717) is 12.1 Å². The quantitative estimate of drug-likeness (QED) is 0.479. The summed E-state index contributed by atoms with van der Waals surface area (Å²) in [6.45, 7) is 0. The van der Waals surface area contributed by atoms with Gasteiger partial charge in [0.2, 0.25) is 0 Å². The lowest BCUT2D eigenvalue weighted by atomic mass is 10.0. The van der Waals surface area contributed by atoms with Crippen LogP contribution in [0.4, 0.5) is 17.6 Å². The minimum Gasteiger partial charge on any atom is -0.299 e. The third-order valence-electron chi connectivity index (χ3n) is 2.96. The second kappa shape index (κ2) is 4.75. The molecule has 0 aromatic heterocycles. The lowest BCUT2D eigenvalue weighted by molar-refractivity contribution is -0.140. The van der Waals surface area contributed by atoms with Gasteiger partial charge < -0.3 is 0 Å². The van der Waals surface area contributed by atoms with Crippen molar-refractivity contribution in [3.8, 4) is 0 Å². The van der Waals surface area contributed by atoms with E-state index in [2.05, 4.69) is 0 Å². The second-order valence-electron chi connectivity index (χ2n) is 4.53. The molecule has 0 unspecified atom stereocenters. The van der Waals surface area contributed by atoms with Gasteiger partial charge in [0, 0.05) is 11.5 Å². The van der Waals surface area contributed by atoms with Gasteiger partial charge in [-0.3, -0.25) is 9.59 Å². The molecule has 0 spiro atoms. The van der Waals surface area contributed by atoms with Crippen molar-refractivity contribution in [1.82, 2.24) is 0 Å². The summed E-state index contributed by atoms with van der Waals surface area (Å²) in [5.41, 5.74) is -1.78. The Kier molecular flexibility index (Phi) is 3.43. The number of carbonyl (C=O) groups is 2. The van der Waals surface area contributed by atoms with Crippen LogP contribution in [-0.2, 0) is 11.0 Å². The number of Topliss-reactive ketones (excluding diaryl/α,β-unsaturated/α-hetero) is 2. The van der Waals surface area contributed by atoms with Crippen molar-refractivity contribution in [3.63, 3.8) is 0 Å². The number of carbonyl (C=O) groups excluding carboxylic acids is 2. The Balaban J connectivity index is 2.20. The van der Waals surface area contributed by atoms with Crippen molar-refractivity contribution in [2.45, 2.75) is 25.4 Å². The highest BCUT2D eigenvalue weighted by atomic mass is 19.4. The smallest absolute Gasteiger partial charge is 0.299 e. The molecule has 0 bridgehead atoms. The van der Waals surface area contributed by atoms with Crippen molar-refractivity contribution in [1.29, 1.82) is 0 Å². The van der Waals surface area contributed by atoms with Gasteiger partial charge in [-0.15, -0.1) is 0 Å². The van der Waals surface area contributed by atoms with E-state index in [-0.39, 0.29) is 17.3 Å². The number of rotatable bonds is 4. The molecule has 0 saturated heterocycles. The first-order valence-corrected chi connectivity index (χ1v) is 5.71. The van der Waals surface area contributed by atoms with Crippen LogP contribution in [-0.4, -0.2) is 11.6 Å². The maximum Gasteiger partial charge on any atom is 0.419 e. The van der Waals surface area contributed by atoms with E-state index in [1.165, 1.54) is 0 Å². The van der Waals surface area contributed by atoms with E-state index in [0.717, 1.165) is 18.9 Å². The highest BCUT2D eigenvalue weighted by Crippen LogP contribution is 2.33. The minimum absolute atomic E-state index is 0.133. The normalized spacial score (nSPS) is 15.4.